The summed E-state index contributed by atoms with van der Waals surface area (Å²) >= 11 is 0. The molecule has 254 valence electrons. The lowest BCUT2D eigenvalue weighted by atomic mass is 10.0. The van der Waals surface area contributed by atoms with Crippen LogP contribution in [0.5, 0.6) is 11.5 Å². The molecule has 5 rings (SSSR count). The molecule has 11 nitrogen and oxygen atoms in total. The monoisotopic (exact) mass is 659 g/mol. The molecule has 2 saturated heterocycles. The summed E-state index contributed by atoms with van der Waals surface area (Å²) in [6.45, 7) is 1.55. The number of halogens is 3. The maximum Gasteiger partial charge on any atom is 0.405 e. The highest BCUT2D eigenvalue weighted by Crippen LogP contribution is 2.26. The number of carbonyl (C=O) groups excluding carboxylic acids is 4. The minimum atomic E-state index is -4.66. The van der Waals surface area contributed by atoms with E-state index < -0.39 is 48.6 Å². The first kappa shape index (κ1) is 34.2. The number of morpholine rings is 1. The standard InChI is InChI=1S/C33H40F3N5O6/c1-39-27(30(43)37-21-33(34,35)36)19-22-5-2-7-24(17-22)47-25-8-3-6-23(18-25)20-28(41-11-4-9-29(41)42)31(44)38-26(32(39)45)10-12-40-13-15-46-16-14-40/h2-3,5-8,17-18,26-28H,4,9-16,19-21H2,1H3,(H,37,43)(H,38,44)/t26-,27-,28-/m0/s1. The molecule has 0 radical (unpaired) electrons. The van der Waals surface area contributed by atoms with Crippen molar-refractivity contribution in [2.24, 2.45) is 0 Å². The average molecular weight is 660 g/mol. The maximum atomic E-state index is 14.2. The van der Waals surface area contributed by atoms with E-state index in [1.165, 1.54) is 11.9 Å². The van der Waals surface area contributed by atoms with E-state index in [-0.39, 0.29) is 25.2 Å². The van der Waals surface area contributed by atoms with Gasteiger partial charge in [-0.2, -0.15) is 13.2 Å². The Morgan fingerprint density at radius 2 is 1.64 bits per heavy atom. The van der Waals surface area contributed by atoms with Gasteiger partial charge in [-0.15, -0.1) is 0 Å². The number of rotatable bonds is 6. The van der Waals surface area contributed by atoms with Gasteiger partial charge in [-0.1, -0.05) is 24.3 Å². The van der Waals surface area contributed by atoms with Crippen molar-refractivity contribution < 1.29 is 41.8 Å². The lowest BCUT2D eigenvalue weighted by Crippen LogP contribution is -2.58. The molecule has 2 aromatic rings. The summed E-state index contributed by atoms with van der Waals surface area (Å²) in [6, 6.07) is 10.5. The molecular weight excluding hydrogens is 619 g/mol. The normalized spacial score (nSPS) is 23.3. The van der Waals surface area contributed by atoms with Crippen molar-refractivity contribution in [3.05, 3.63) is 59.7 Å². The highest BCUT2D eigenvalue weighted by atomic mass is 19.4. The van der Waals surface area contributed by atoms with Gasteiger partial charge in [0.1, 0.15) is 36.2 Å². The molecule has 0 unspecified atom stereocenters. The van der Waals surface area contributed by atoms with E-state index in [2.05, 4.69) is 10.2 Å². The van der Waals surface area contributed by atoms with E-state index in [1.807, 2.05) is 11.4 Å². The van der Waals surface area contributed by atoms with Crippen LogP contribution >= 0.6 is 0 Å². The Kier molecular flexibility index (Phi) is 11.0. The molecule has 3 aliphatic rings. The number of hydrogen-bond donors (Lipinski definition) is 2. The first-order valence-corrected chi connectivity index (χ1v) is 15.8. The minimum Gasteiger partial charge on any atom is -0.457 e. The molecule has 0 aliphatic carbocycles. The fraction of sp³-hybridized carbons (Fsp3) is 0.515. The zero-order valence-electron chi connectivity index (χ0n) is 26.3. The number of nitrogens with one attached hydrogen (secondary N) is 2. The molecule has 2 aromatic carbocycles. The zero-order valence-corrected chi connectivity index (χ0v) is 26.3. The van der Waals surface area contributed by atoms with E-state index >= 15 is 0 Å². The molecule has 2 fully saturated rings. The third kappa shape index (κ3) is 9.22. The van der Waals surface area contributed by atoms with Crippen LogP contribution in [-0.2, 0) is 36.8 Å². The summed E-state index contributed by atoms with van der Waals surface area (Å²) in [7, 11) is 1.35. The van der Waals surface area contributed by atoms with E-state index in [0.717, 1.165) is 10.5 Å². The van der Waals surface area contributed by atoms with Crippen LogP contribution in [0, 0.1) is 0 Å². The Morgan fingerprint density at radius 3 is 2.26 bits per heavy atom. The molecule has 4 amide bonds. The lowest BCUT2D eigenvalue weighted by molar-refractivity contribution is -0.147. The number of carbonyl (C=O) groups is 4. The summed E-state index contributed by atoms with van der Waals surface area (Å²) in [5.41, 5.74) is 1.30. The van der Waals surface area contributed by atoms with Crippen molar-refractivity contribution in [1.29, 1.82) is 0 Å². The quantitative estimate of drug-likeness (QED) is 0.489. The predicted octanol–water partition coefficient (Wildman–Crippen LogP) is 2.28. The first-order valence-electron chi connectivity index (χ1n) is 15.8. The minimum absolute atomic E-state index is 0.113. The van der Waals surface area contributed by atoms with Crippen molar-refractivity contribution in [2.75, 3.05) is 53.0 Å². The van der Waals surface area contributed by atoms with Gasteiger partial charge in [0.15, 0.2) is 0 Å². The fourth-order valence-electron chi connectivity index (χ4n) is 6.17. The number of likely N-dealkylation sites (tertiary alicyclic amines) is 1. The molecule has 47 heavy (non-hydrogen) atoms. The van der Waals surface area contributed by atoms with Gasteiger partial charge in [-0.3, -0.25) is 24.1 Å². The maximum absolute atomic E-state index is 14.2. The van der Waals surface area contributed by atoms with Crippen LogP contribution in [0.3, 0.4) is 0 Å². The Hall–Kier alpha value is -4.17. The molecule has 0 spiro atoms. The second-order valence-corrected chi connectivity index (χ2v) is 12.1. The van der Waals surface area contributed by atoms with Gasteiger partial charge < -0.3 is 29.9 Å². The van der Waals surface area contributed by atoms with Gasteiger partial charge in [0, 0.05) is 52.5 Å². The molecule has 3 atom stereocenters. The second kappa shape index (κ2) is 15.2. The molecule has 0 saturated carbocycles. The number of nitrogens with zero attached hydrogens (tertiary/aromatic N) is 3. The SMILES string of the molecule is CN1C(=O)[C@H](CCN2CCOCC2)NC(=O)[C@@H](N2CCCC2=O)Cc2cccc(c2)Oc2cccc(c2)C[C@H]1C(=O)NCC(F)(F)F. The van der Waals surface area contributed by atoms with Gasteiger partial charge in [0.25, 0.3) is 0 Å². The summed E-state index contributed by atoms with van der Waals surface area (Å²) in [6.07, 6.45) is -3.53. The third-order valence-electron chi connectivity index (χ3n) is 8.71. The number of ether oxygens (including phenoxy) is 2. The van der Waals surface area contributed by atoms with E-state index in [0.29, 0.717) is 69.3 Å². The molecule has 2 N–H and O–H groups in total. The molecule has 3 heterocycles. The Labute approximate surface area is 271 Å². The first-order chi connectivity index (χ1) is 22.5. The molecule has 0 aromatic heterocycles. The number of likely N-dealkylation sites (N-methyl/N-ethyl adjacent to an activating group) is 1. The van der Waals surface area contributed by atoms with Crippen molar-refractivity contribution in [3.8, 4) is 11.5 Å². The number of alkyl halides is 3. The van der Waals surface area contributed by atoms with Crippen LogP contribution in [0.25, 0.3) is 0 Å². The second-order valence-electron chi connectivity index (χ2n) is 12.1. The third-order valence-corrected chi connectivity index (χ3v) is 8.71. The number of amides is 4. The smallest absolute Gasteiger partial charge is 0.405 e. The number of hydrogen-bond acceptors (Lipinski definition) is 7. The van der Waals surface area contributed by atoms with Crippen LogP contribution < -0.4 is 15.4 Å². The van der Waals surface area contributed by atoms with Crippen LogP contribution in [-0.4, -0.2) is 116 Å². The highest BCUT2D eigenvalue weighted by molar-refractivity contribution is 5.94. The number of benzene rings is 2. The molecule has 14 heteroatoms. The highest BCUT2D eigenvalue weighted by Gasteiger charge is 2.38. The van der Waals surface area contributed by atoms with Crippen molar-refractivity contribution >= 4 is 23.6 Å². The fourth-order valence-corrected chi connectivity index (χ4v) is 6.17. The van der Waals surface area contributed by atoms with E-state index in [4.69, 9.17) is 9.47 Å². The van der Waals surface area contributed by atoms with E-state index in [9.17, 15) is 32.3 Å². The summed E-state index contributed by atoms with van der Waals surface area (Å²) < 4.78 is 50.8. The van der Waals surface area contributed by atoms with Crippen LogP contribution in [0.1, 0.15) is 30.4 Å². The zero-order chi connectivity index (χ0) is 33.6. The summed E-state index contributed by atoms with van der Waals surface area (Å²) in [5.74, 6) is -1.42. The Morgan fingerprint density at radius 1 is 0.979 bits per heavy atom. The van der Waals surface area contributed by atoms with Gasteiger partial charge in [-0.25, -0.2) is 0 Å². The molecular formula is C33H40F3N5O6. The number of fused-ring (bicyclic) bond motifs is 4. The Balaban J connectivity index is 1.53. The summed E-state index contributed by atoms with van der Waals surface area (Å²) in [4.78, 5) is 59.2. The van der Waals surface area contributed by atoms with Crippen molar-refractivity contribution in [3.63, 3.8) is 0 Å². The van der Waals surface area contributed by atoms with Gasteiger partial charge in [-0.05, 0) is 48.2 Å². The topological polar surface area (TPSA) is 121 Å². The van der Waals surface area contributed by atoms with Crippen molar-refractivity contribution in [2.45, 2.75) is 56.4 Å². The average Bonchev–Trinajstić information content (AvgIpc) is 3.47. The van der Waals surface area contributed by atoms with Gasteiger partial charge in [0.2, 0.25) is 23.6 Å². The van der Waals surface area contributed by atoms with Crippen LogP contribution in [0.2, 0.25) is 0 Å². The van der Waals surface area contributed by atoms with Gasteiger partial charge >= 0.3 is 6.18 Å². The lowest BCUT2D eigenvalue weighted by Gasteiger charge is -2.34. The van der Waals surface area contributed by atoms with Crippen molar-refractivity contribution in [1.82, 2.24) is 25.3 Å². The summed E-state index contributed by atoms with van der Waals surface area (Å²) in [5, 5.41) is 4.79. The van der Waals surface area contributed by atoms with Crippen LogP contribution in [0.4, 0.5) is 13.2 Å². The van der Waals surface area contributed by atoms with E-state index in [1.54, 1.807) is 42.5 Å². The Bertz CT molecular complexity index is 1450. The largest absolute Gasteiger partial charge is 0.457 e. The van der Waals surface area contributed by atoms with Gasteiger partial charge in [0.05, 0.1) is 13.2 Å². The predicted molar refractivity (Wildman–Crippen MR) is 165 cm³/mol. The van der Waals surface area contributed by atoms with Crippen LogP contribution in [0.15, 0.2) is 48.5 Å². The molecule has 4 bridgehead atoms. The molecule has 3 aliphatic heterocycles.